The fourth-order valence-corrected chi connectivity index (χ4v) is 2.87. The van der Waals surface area contributed by atoms with Gasteiger partial charge in [-0.3, -0.25) is 9.59 Å². The van der Waals surface area contributed by atoms with Crippen molar-refractivity contribution in [3.63, 3.8) is 0 Å². The van der Waals surface area contributed by atoms with Gasteiger partial charge in [0.05, 0.1) is 6.54 Å². The molecule has 0 spiro atoms. The SMILES string of the molecule is CC(=O)N=C1SCCN1CC(=O)c1ccc(Cl)cc1. The molecule has 0 radical (unpaired) electrons. The van der Waals surface area contributed by atoms with Crippen LogP contribution in [0.3, 0.4) is 0 Å². The number of benzene rings is 1. The molecule has 19 heavy (non-hydrogen) atoms. The first kappa shape index (κ1) is 14.1. The molecule has 0 bridgehead atoms. The fraction of sp³-hybridized carbons (Fsp3) is 0.308. The summed E-state index contributed by atoms with van der Waals surface area (Å²) in [5, 5.41) is 1.24. The average Bonchev–Trinajstić information content (AvgIpc) is 2.76. The van der Waals surface area contributed by atoms with Crippen molar-refractivity contribution in [1.29, 1.82) is 0 Å². The van der Waals surface area contributed by atoms with E-state index in [0.29, 0.717) is 15.8 Å². The number of hydrogen-bond acceptors (Lipinski definition) is 3. The maximum absolute atomic E-state index is 12.1. The molecule has 1 aliphatic rings. The zero-order chi connectivity index (χ0) is 13.8. The average molecular weight is 297 g/mol. The minimum absolute atomic E-state index is 0.00424. The molecular formula is C13H13ClN2O2S. The monoisotopic (exact) mass is 296 g/mol. The largest absolute Gasteiger partial charge is 0.343 e. The third-order valence-electron chi connectivity index (χ3n) is 2.62. The molecule has 0 N–H and O–H groups in total. The van der Waals surface area contributed by atoms with Crippen molar-refractivity contribution in [2.45, 2.75) is 6.92 Å². The van der Waals surface area contributed by atoms with Crippen LogP contribution in [0.5, 0.6) is 0 Å². The summed E-state index contributed by atoms with van der Waals surface area (Å²) in [6.07, 6.45) is 0. The minimum atomic E-state index is -0.242. The molecule has 0 aliphatic carbocycles. The van der Waals surface area contributed by atoms with Crippen molar-refractivity contribution in [1.82, 2.24) is 4.90 Å². The number of amides is 1. The normalized spacial score (nSPS) is 16.9. The van der Waals surface area contributed by atoms with Gasteiger partial charge in [0.1, 0.15) is 0 Å². The van der Waals surface area contributed by atoms with Gasteiger partial charge in [0.25, 0.3) is 0 Å². The summed E-state index contributed by atoms with van der Waals surface area (Å²) in [6, 6.07) is 6.79. The predicted molar refractivity (Wildman–Crippen MR) is 77.9 cm³/mol. The van der Waals surface area contributed by atoms with Crippen LogP contribution in [0.25, 0.3) is 0 Å². The van der Waals surface area contributed by atoms with Crippen LogP contribution < -0.4 is 0 Å². The van der Waals surface area contributed by atoms with Crippen molar-refractivity contribution in [2.24, 2.45) is 4.99 Å². The van der Waals surface area contributed by atoms with Gasteiger partial charge < -0.3 is 4.90 Å². The molecular weight excluding hydrogens is 284 g/mol. The van der Waals surface area contributed by atoms with Crippen molar-refractivity contribution >= 4 is 40.2 Å². The van der Waals surface area contributed by atoms with Gasteiger partial charge in [-0.1, -0.05) is 23.4 Å². The summed E-state index contributed by atoms with van der Waals surface area (Å²) in [4.78, 5) is 28.9. The van der Waals surface area contributed by atoms with Crippen LogP contribution in [0.4, 0.5) is 0 Å². The second-order valence-corrected chi connectivity index (χ2v) is 5.61. The fourth-order valence-electron chi connectivity index (χ4n) is 1.72. The standard InChI is InChI=1S/C13H13ClN2O2S/c1-9(17)15-13-16(6-7-19-13)8-12(18)10-2-4-11(14)5-3-10/h2-5H,6-8H2,1H3. The molecule has 1 aliphatic heterocycles. The molecule has 0 atom stereocenters. The highest BCUT2D eigenvalue weighted by Crippen LogP contribution is 2.19. The molecule has 100 valence electrons. The van der Waals surface area contributed by atoms with Gasteiger partial charge in [-0.15, -0.1) is 0 Å². The Kier molecular flexibility index (Phi) is 4.61. The van der Waals surface area contributed by atoms with Gasteiger partial charge in [-0.2, -0.15) is 4.99 Å². The van der Waals surface area contributed by atoms with E-state index in [9.17, 15) is 9.59 Å². The first-order chi connectivity index (χ1) is 9.06. The second-order valence-electron chi connectivity index (χ2n) is 4.11. The topological polar surface area (TPSA) is 49.7 Å². The maximum atomic E-state index is 12.1. The Morgan fingerprint density at radius 1 is 1.37 bits per heavy atom. The molecule has 0 unspecified atom stereocenters. The van der Waals surface area contributed by atoms with Crippen LogP contribution in [0.15, 0.2) is 29.3 Å². The van der Waals surface area contributed by atoms with Gasteiger partial charge >= 0.3 is 0 Å². The minimum Gasteiger partial charge on any atom is -0.343 e. The molecule has 1 aromatic carbocycles. The number of carbonyl (C=O) groups excluding carboxylic acids is 2. The summed E-state index contributed by atoms with van der Waals surface area (Å²) < 4.78 is 0. The highest BCUT2D eigenvalue weighted by molar-refractivity contribution is 8.14. The number of carbonyl (C=O) groups is 2. The number of nitrogens with zero attached hydrogens (tertiary/aromatic N) is 2. The number of amidine groups is 1. The Morgan fingerprint density at radius 2 is 2.05 bits per heavy atom. The molecule has 4 nitrogen and oxygen atoms in total. The summed E-state index contributed by atoms with van der Waals surface area (Å²) in [7, 11) is 0. The van der Waals surface area contributed by atoms with Crippen LogP contribution in [-0.2, 0) is 4.79 Å². The lowest BCUT2D eigenvalue weighted by atomic mass is 10.1. The predicted octanol–water partition coefficient (Wildman–Crippen LogP) is 2.47. The van der Waals surface area contributed by atoms with E-state index in [-0.39, 0.29) is 18.2 Å². The first-order valence-corrected chi connectivity index (χ1v) is 7.18. The van der Waals surface area contributed by atoms with E-state index in [4.69, 9.17) is 11.6 Å². The van der Waals surface area contributed by atoms with Crippen molar-refractivity contribution in [2.75, 3.05) is 18.8 Å². The Bertz CT molecular complexity index is 528. The summed E-state index contributed by atoms with van der Waals surface area (Å²) in [5.74, 6) is 0.601. The van der Waals surface area contributed by atoms with E-state index in [0.717, 1.165) is 12.3 Å². The second kappa shape index (κ2) is 6.21. The molecule has 1 heterocycles. The maximum Gasteiger partial charge on any atom is 0.244 e. The number of hydrogen-bond donors (Lipinski definition) is 0. The zero-order valence-electron chi connectivity index (χ0n) is 10.4. The van der Waals surface area contributed by atoms with Crippen LogP contribution >= 0.6 is 23.4 Å². The van der Waals surface area contributed by atoms with E-state index in [1.807, 2.05) is 4.90 Å². The summed E-state index contributed by atoms with van der Waals surface area (Å²) >= 11 is 7.29. The van der Waals surface area contributed by atoms with Crippen LogP contribution in [0.2, 0.25) is 5.02 Å². The first-order valence-electron chi connectivity index (χ1n) is 5.82. The number of halogens is 1. The highest BCUT2D eigenvalue weighted by atomic mass is 35.5. The van der Waals surface area contributed by atoms with E-state index < -0.39 is 0 Å². The van der Waals surface area contributed by atoms with E-state index >= 15 is 0 Å². The van der Waals surface area contributed by atoms with E-state index in [2.05, 4.69) is 4.99 Å². The Morgan fingerprint density at radius 3 is 2.68 bits per heavy atom. The smallest absolute Gasteiger partial charge is 0.244 e. The Balaban J connectivity index is 2.06. The van der Waals surface area contributed by atoms with Crippen molar-refractivity contribution in [3.8, 4) is 0 Å². The summed E-state index contributed by atoms with van der Waals surface area (Å²) in [5.41, 5.74) is 0.614. The molecule has 6 heteroatoms. The summed E-state index contributed by atoms with van der Waals surface area (Å²) in [6.45, 7) is 2.38. The van der Waals surface area contributed by atoms with Crippen LogP contribution in [0, 0.1) is 0 Å². The molecule has 1 fully saturated rings. The molecule has 1 amide bonds. The zero-order valence-corrected chi connectivity index (χ0v) is 12.0. The number of thioether (sulfide) groups is 1. The van der Waals surface area contributed by atoms with Gasteiger partial charge in [0, 0.05) is 29.8 Å². The number of ketones is 1. The highest BCUT2D eigenvalue weighted by Gasteiger charge is 2.22. The van der Waals surface area contributed by atoms with Crippen LogP contribution in [-0.4, -0.2) is 40.6 Å². The molecule has 0 aromatic heterocycles. The van der Waals surface area contributed by atoms with Crippen molar-refractivity contribution < 1.29 is 9.59 Å². The third kappa shape index (κ3) is 3.81. The molecule has 1 saturated heterocycles. The lowest BCUT2D eigenvalue weighted by molar-refractivity contribution is -0.115. The quantitative estimate of drug-likeness (QED) is 0.804. The van der Waals surface area contributed by atoms with Crippen molar-refractivity contribution in [3.05, 3.63) is 34.9 Å². The van der Waals surface area contributed by atoms with Gasteiger partial charge in [-0.05, 0) is 24.3 Å². The van der Waals surface area contributed by atoms with Crippen LogP contribution in [0.1, 0.15) is 17.3 Å². The number of Topliss-reactive ketones (excluding diaryl/α,β-unsaturated/α-hetero) is 1. The molecule has 1 aromatic rings. The van der Waals surface area contributed by atoms with Gasteiger partial charge in [0.15, 0.2) is 11.0 Å². The lowest BCUT2D eigenvalue weighted by Crippen LogP contribution is -2.31. The Labute approximate surface area is 120 Å². The number of rotatable bonds is 3. The molecule has 0 saturated carbocycles. The van der Waals surface area contributed by atoms with E-state index in [1.54, 1.807) is 24.3 Å². The Hall–Kier alpha value is -1.33. The van der Waals surface area contributed by atoms with Gasteiger partial charge in [0.2, 0.25) is 5.91 Å². The third-order valence-corrected chi connectivity index (χ3v) is 3.86. The van der Waals surface area contributed by atoms with Gasteiger partial charge in [-0.25, -0.2) is 0 Å². The number of aliphatic imine (C=N–C) groups is 1. The molecule has 2 rings (SSSR count). The lowest BCUT2D eigenvalue weighted by Gasteiger charge is -2.16. The van der Waals surface area contributed by atoms with E-state index in [1.165, 1.54) is 18.7 Å².